The standard InChI is InChI=1S/C16H13BN2O/c17-13-6-8-15(9-7-13)19-10-14(11-20)18-16(19)12-4-2-1-3-5-12/h1-10,20H,11H2. The summed E-state index contributed by atoms with van der Waals surface area (Å²) in [6, 6.07) is 17.5. The fraction of sp³-hybridized carbons (Fsp3) is 0.0625. The molecule has 0 fully saturated rings. The Morgan fingerprint density at radius 1 is 1.00 bits per heavy atom. The lowest BCUT2D eigenvalue weighted by molar-refractivity contribution is 0.277. The van der Waals surface area contributed by atoms with Crippen LogP contribution in [-0.4, -0.2) is 22.5 Å². The van der Waals surface area contributed by atoms with E-state index >= 15 is 0 Å². The third kappa shape index (κ3) is 2.38. The number of hydrogen-bond acceptors (Lipinski definition) is 2. The highest BCUT2D eigenvalue weighted by Gasteiger charge is 2.10. The van der Waals surface area contributed by atoms with Crippen molar-refractivity contribution in [3.63, 3.8) is 0 Å². The zero-order chi connectivity index (χ0) is 13.9. The Kier molecular flexibility index (Phi) is 3.40. The lowest BCUT2D eigenvalue weighted by atomic mass is 9.96. The Bertz CT molecular complexity index is 705. The first-order valence-electron chi connectivity index (χ1n) is 6.38. The van der Waals surface area contributed by atoms with Crippen LogP contribution in [0.25, 0.3) is 17.1 Å². The van der Waals surface area contributed by atoms with E-state index in [2.05, 4.69) is 4.98 Å². The summed E-state index contributed by atoms with van der Waals surface area (Å²) in [7, 11) is 5.72. The van der Waals surface area contributed by atoms with Gasteiger partial charge in [0.2, 0.25) is 0 Å². The van der Waals surface area contributed by atoms with Gasteiger partial charge in [-0.15, -0.1) is 0 Å². The molecule has 3 aromatic rings. The third-order valence-corrected chi connectivity index (χ3v) is 3.12. The van der Waals surface area contributed by atoms with E-state index < -0.39 is 0 Å². The van der Waals surface area contributed by atoms with Gasteiger partial charge in [0.15, 0.2) is 0 Å². The van der Waals surface area contributed by atoms with Gasteiger partial charge in [0.25, 0.3) is 0 Å². The Morgan fingerprint density at radius 2 is 1.70 bits per heavy atom. The van der Waals surface area contributed by atoms with Gasteiger partial charge in [-0.3, -0.25) is 4.57 Å². The van der Waals surface area contributed by atoms with E-state index in [-0.39, 0.29) is 6.61 Å². The van der Waals surface area contributed by atoms with Crippen molar-refractivity contribution in [1.29, 1.82) is 0 Å². The van der Waals surface area contributed by atoms with E-state index in [9.17, 15) is 5.11 Å². The highest BCUT2D eigenvalue weighted by Crippen LogP contribution is 2.22. The highest BCUT2D eigenvalue weighted by molar-refractivity contribution is 6.32. The smallest absolute Gasteiger partial charge is 0.144 e. The van der Waals surface area contributed by atoms with Gasteiger partial charge in [-0.2, -0.15) is 0 Å². The van der Waals surface area contributed by atoms with Gasteiger partial charge >= 0.3 is 0 Å². The minimum absolute atomic E-state index is 0.0815. The number of aliphatic hydroxyl groups excluding tert-OH is 1. The maximum absolute atomic E-state index is 9.32. The van der Waals surface area contributed by atoms with Gasteiger partial charge in [-0.05, 0) is 12.1 Å². The molecule has 0 spiro atoms. The molecule has 0 aliphatic heterocycles. The molecule has 20 heavy (non-hydrogen) atoms. The van der Waals surface area contributed by atoms with Gasteiger partial charge in [0.05, 0.1) is 12.3 Å². The lowest BCUT2D eigenvalue weighted by Crippen LogP contribution is -2.02. The first-order valence-corrected chi connectivity index (χ1v) is 6.38. The molecule has 0 bridgehead atoms. The van der Waals surface area contributed by atoms with E-state index in [0.29, 0.717) is 5.69 Å². The molecule has 0 aliphatic rings. The Morgan fingerprint density at radius 3 is 2.35 bits per heavy atom. The molecule has 0 amide bonds. The number of hydrogen-bond donors (Lipinski definition) is 1. The van der Waals surface area contributed by atoms with E-state index in [1.807, 2.05) is 65.4 Å². The van der Waals surface area contributed by atoms with Crippen molar-refractivity contribution in [2.24, 2.45) is 0 Å². The van der Waals surface area contributed by atoms with E-state index in [1.54, 1.807) is 0 Å². The first kappa shape index (κ1) is 12.7. The molecule has 3 nitrogen and oxygen atoms in total. The summed E-state index contributed by atoms with van der Waals surface area (Å²) in [6.07, 6.45) is 1.84. The van der Waals surface area contributed by atoms with Crippen LogP contribution in [0.5, 0.6) is 0 Å². The Labute approximate surface area is 118 Å². The van der Waals surface area contributed by atoms with Crippen LogP contribution in [0.2, 0.25) is 0 Å². The highest BCUT2D eigenvalue weighted by atomic mass is 16.3. The van der Waals surface area contributed by atoms with Crippen LogP contribution in [-0.2, 0) is 6.61 Å². The normalized spacial score (nSPS) is 10.7. The van der Waals surface area contributed by atoms with Crippen molar-refractivity contribution < 1.29 is 5.11 Å². The maximum Gasteiger partial charge on any atom is 0.144 e. The fourth-order valence-corrected chi connectivity index (χ4v) is 2.13. The van der Waals surface area contributed by atoms with Crippen LogP contribution >= 0.6 is 0 Å². The van der Waals surface area contributed by atoms with Crippen LogP contribution < -0.4 is 5.46 Å². The summed E-state index contributed by atoms with van der Waals surface area (Å²) in [5.74, 6) is 0.805. The molecular formula is C16H13BN2O. The number of benzene rings is 2. The predicted octanol–water partition coefficient (Wildman–Crippen LogP) is 1.83. The first-order chi connectivity index (χ1) is 9.78. The van der Waals surface area contributed by atoms with Crippen molar-refractivity contribution in [1.82, 2.24) is 9.55 Å². The van der Waals surface area contributed by atoms with Crippen molar-refractivity contribution in [2.45, 2.75) is 6.61 Å². The molecule has 0 saturated carbocycles. The number of nitrogens with zero attached hydrogens (tertiary/aromatic N) is 2. The van der Waals surface area contributed by atoms with E-state index in [0.717, 1.165) is 22.5 Å². The van der Waals surface area contributed by atoms with E-state index in [4.69, 9.17) is 7.85 Å². The van der Waals surface area contributed by atoms with Gasteiger partial charge in [0.1, 0.15) is 13.7 Å². The molecule has 0 aliphatic carbocycles. The van der Waals surface area contributed by atoms with Crippen molar-refractivity contribution in [3.05, 3.63) is 66.5 Å². The predicted molar refractivity (Wildman–Crippen MR) is 80.3 cm³/mol. The van der Waals surface area contributed by atoms with Gasteiger partial charge in [-0.1, -0.05) is 47.9 Å². The molecule has 0 saturated heterocycles. The van der Waals surface area contributed by atoms with Gasteiger partial charge in [-0.25, -0.2) is 4.98 Å². The topological polar surface area (TPSA) is 38.0 Å². The second kappa shape index (κ2) is 5.35. The summed E-state index contributed by atoms with van der Waals surface area (Å²) >= 11 is 0. The van der Waals surface area contributed by atoms with Crippen LogP contribution in [0, 0.1) is 0 Å². The van der Waals surface area contributed by atoms with Crippen molar-refractivity contribution in [2.75, 3.05) is 0 Å². The average Bonchev–Trinajstić information content (AvgIpc) is 2.93. The van der Waals surface area contributed by atoms with Gasteiger partial charge in [0, 0.05) is 17.4 Å². The lowest BCUT2D eigenvalue weighted by Gasteiger charge is -2.08. The maximum atomic E-state index is 9.32. The SMILES string of the molecule is [B]c1ccc(-n2cc(CO)nc2-c2ccccc2)cc1. The number of imidazole rings is 1. The Hall–Kier alpha value is -2.33. The molecule has 1 aromatic heterocycles. The molecule has 2 radical (unpaired) electrons. The summed E-state index contributed by atoms with van der Waals surface area (Å²) < 4.78 is 1.96. The molecule has 4 heteroatoms. The number of aliphatic hydroxyl groups is 1. The van der Waals surface area contributed by atoms with Crippen LogP contribution in [0.4, 0.5) is 0 Å². The summed E-state index contributed by atoms with van der Waals surface area (Å²) in [5.41, 5.74) is 3.33. The van der Waals surface area contributed by atoms with Gasteiger partial charge < -0.3 is 5.11 Å². The molecule has 96 valence electrons. The molecule has 1 N–H and O–H groups in total. The summed E-state index contributed by atoms with van der Waals surface area (Å²) in [4.78, 5) is 4.48. The third-order valence-electron chi connectivity index (χ3n) is 3.12. The summed E-state index contributed by atoms with van der Waals surface area (Å²) in [6.45, 7) is -0.0815. The monoisotopic (exact) mass is 260 g/mol. The minimum atomic E-state index is -0.0815. The van der Waals surface area contributed by atoms with Crippen LogP contribution in [0.3, 0.4) is 0 Å². The van der Waals surface area contributed by atoms with Crippen LogP contribution in [0.1, 0.15) is 5.69 Å². The molecule has 2 aromatic carbocycles. The molecular weight excluding hydrogens is 247 g/mol. The number of aromatic nitrogens is 2. The van der Waals surface area contributed by atoms with Crippen molar-refractivity contribution in [3.8, 4) is 17.1 Å². The number of rotatable bonds is 3. The molecule has 0 unspecified atom stereocenters. The minimum Gasteiger partial charge on any atom is -0.390 e. The summed E-state index contributed by atoms with van der Waals surface area (Å²) in [5, 5.41) is 9.32. The fourth-order valence-electron chi connectivity index (χ4n) is 2.13. The van der Waals surface area contributed by atoms with Crippen LogP contribution in [0.15, 0.2) is 60.8 Å². The molecule has 3 rings (SSSR count). The zero-order valence-corrected chi connectivity index (χ0v) is 10.9. The molecule has 1 heterocycles. The quantitative estimate of drug-likeness (QED) is 0.729. The van der Waals surface area contributed by atoms with Crippen molar-refractivity contribution >= 4 is 13.3 Å². The second-order valence-electron chi connectivity index (χ2n) is 4.54. The molecule has 0 atom stereocenters. The Balaban J connectivity index is 2.15. The van der Waals surface area contributed by atoms with E-state index in [1.165, 1.54) is 0 Å². The second-order valence-corrected chi connectivity index (χ2v) is 4.54. The largest absolute Gasteiger partial charge is 0.390 e. The zero-order valence-electron chi connectivity index (χ0n) is 10.9. The average molecular weight is 260 g/mol.